The predicted molar refractivity (Wildman–Crippen MR) is 66.6 cm³/mol. The number of carbonyl (C=O) groups excluding carboxylic acids is 1. The molecule has 0 aromatic carbocycles. The van der Waals surface area contributed by atoms with Gasteiger partial charge in [-0.2, -0.15) is 4.31 Å². The Morgan fingerprint density at radius 1 is 1.50 bits per heavy atom. The number of sulfonamides is 1. The quantitative estimate of drug-likeness (QED) is 0.657. The fraction of sp³-hybridized carbons (Fsp3) is 0.909. The zero-order valence-corrected chi connectivity index (χ0v) is 11.7. The lowest BCUT2D eigenvalue weighted by Crippen LogP contribution is -2.49. The summed E-state index contributed by atoms with van der Waals surface area (Å²) in [5.41, 5.74) is 0. The Hall–Kier alpha value is -0.660. The third kappa shape index (κ3) is 4.22. The zero-order valence-electron chi connectivity index (χ0n) is 10.9. The van der Waals surface area contributed by atoms with Crippen LogP contribution in [0.4, 0.5) is 0 Å². The molecule has 1 rings (SSSR count). The molecule has 7 heteroatoms. The number of rotatable bonds is 6. The van der Waals surface area contributed by atoms with Gasteiger partial charge in [0.15, 0.2) is 0 Å². The number of morpholine rings is 1. The minimum atomic E-state index is -3.30. The number of esters is 1. The van der Waals surface area contributed by atoms with Gasteiger partial charge in [-0.15, -0.1) is 0 Å². The third-order valence-electron chi connectivity index (χ3n) is 3.01. The predicted octanol–water partition coefficient (Wildman–Crippen LogP) is 0.380. The second-order valence-electron chi connectivity index (χ2n) is 4.24. The fourth-order valence-corrected chi connectivity index (χ4v) is 3.71. The highest BCUT2D eigenvalue weighted by molar-refractivity contribution is 7.89. The topological polar surface area (TPSA) is 72.9 Å². The standard InChI is InChI=1S/C11H21NO5S/c1-3-10-9-17-7-6-12(10)18(14,15)8-4-5-11(13)16-2/h10H,3-9H2,1-2H3. The average Bonchev–Trinajstić information content (AvgIpc) is 2.38. The Bertz CT molecular complexity index is 368. The summed E-state index contributed by atoms with van der Waals surface area (Å²) < 4.78 is 35.6. The van der Waals surface area contributed by atoms with E-state index < -0.39 is 10.0 Å². The molecule has 0 amide bonds. The van der Waals surface area contributed by atoms with Gasteiger partial charge in [0.2, 0.25) is 10.0 Å². The number of hydrogen-bond acceptors (Lipinski definition) is 5. The maximum atomic E-state index is 12.1. The van der Waals surface area contributed by atoms with Crippen molar-refractivity contribution in [2.24, 2.45) is 0 Å². The molecule has 0 bridgehead atoms. The summed E-state index contributed by atoms with van der Waals surface area (Å²) in [6.07, 6.45) is 1.16. The zero-order chi connectivity index (χ0) is 13.6. The van der Waals surface area contributed by atoms with Gasteiger partial charge in [-0.25, -0.2) is 8.42 Å². The van der Waals surface area contributed by atoms with E-state index in [9.17, 15) is 13.2 Å². The monoisotopic (exact) mass is 279 g/mol. The molecule has 1 atom stereocenters. The molecule has 0 aromatic heterocycles. The summed E-state index contributed by atoms with van der Waals surface area (Å²) in [6.45, 7) is 3.23. The largest absolute Gasteiger partial charge is 0.469 e. The number of nitrogens with zero attached hydrogens (tertiary/aromatic N) is 1. The smallest absolute Gasteiger partial charge is 0.305 e. The van der Waals surface area contributed by atoms with E-state index in [4.69, 9.17) is 4.74 Å². The van der Waals surface area contributed by atoms with Crippen LogP contribution < -0.4 is 0 Å². The molecular weight excluding hydrogens is 258 g/mol. The lowest BCUT2D eigenvalue weighted by atomic mass is 10.2. The number of hydrogen-bond donors (Lipinski definition) is 0. The van der Waals surface area contributed by atoms with Gasteiger partial charge in [0.05, 0.1) is 26.1 Å². The highest BCUT2D eigenvalue weighted by Gasteiger charge is 2.31. The summed E-state index contributed by atoms with van der Waals surface area (Å²) in [7, 11) is -2.01. The van der Waals surface area contributed by atoms with Gasteiger partial charge in [0.1, 0.15) is 0 Å². The molecule has 106 valence electrons. The van der Waals surface area contributed by atoms with E-state index in [-0.39, 0.29) is 24.2 Å². The SMILES string of the molecule is CCC1COCCN1S(=O)(=O)CCCC(=O)OC. The summed E-state index contributed by atoms with van der Waals surface area (Å²) in [6, 6.07) is -0.0816. The second-order valence-corrected chi connectivity index (χ2v) is 6.28. The Labute approximate surface area is 108 Å². The molecule has 0 N–H and O–H groups in total. The Morgan fingerprint density at radius 3 is 2.83 bits per heavy atom. The molecule has 0 spiro atoms. The summed E-state index contributed by atoms with van der Waals surface area (Å²) in [5, 5.41) is 0. The van der Waals surface area contributed by atoms with Crippen LogP contribution in [0.15, 0.2) is 0 Å². The maximum Gasteiger partial charge on any atom is 0.305 e. The molecule has 0 aromatic rings. The summed E-state index contributed by atoms with van der Waals surface area (Å²) in [5.74, 6) is -0.391. The minimum Gasteiger partial charge on any atom is -0.469 e. The highest BCUT2D eigenvalue weighted by Crippen LogP contribution is 2.16. The van der Waals surface area contributed by atoms with Crippen molar-refractivity contribution in [3.05, 3.63) is 0 Å². The van der Waals surface area contributed by atoms with Crippen LogP contribution >= 0.6 is 0 Å². The van der Waals surface area contributed by atoms with Gasteiger partial charge in [-0.1, -0.05) is 6.92 Å². The molecule has 1 unspecified atom stereocenters. The normalized spacial score (nSPS) is 21.8. The highest BCUT2D eigenvalue weighted by atomic mass is 32.2. The first-order valence-corrected chi connectivity index (χ1v) is 7.76. The van der Waals surface area contributed by atoms with Crippen LogP contribution in [0.2, 0.25) is 0 Å². The molecule has 1 fully saturated rings. The van der Waals surface area contributed by atoms with Gasteiger partial charge in [0, 0.05) is 19.0 Å². The minimum absolute atomic E-state index is 0.0153. The molecule has 0 aliphatic carbocycles. The molecule has 1 saturated heterocycles. The maximum absolute atomic E-state index is 12.1. The number of methoxy groups -OCH3 is 1. The molecule has 0 saturated carbocycles. The van der Waals surface area contributed by atoms with E-state index in [0.29, 0.717) is 26.2 Å². The van der Waals surface area contributed by atoms with Crippen LogP contribution in [0.5, 0.6) is 0 Å². The Kier molecular flexibility index (Phi) is 6.04. The first kappa shape index (κ1) is 15.4. The van der Waals surface area contributed by atoms with Gasteiger partial charge < -0.3 is 9.47 Å². The summed E-state index contributed by atoms with van der Waals surface area (Å²) in [4.78, 5) is 10.9. The Balaban J connectivity index is 2.53. The molecule has 0 radical (unpaired) electrons. The molecule has 1 aliphatic rings. The van der Waals surface area contributed by atoms with Crippen LogP contribution in [0.3, 0.4) is 0 Å². The number of carbonyl (C=O) groups is 1. The first-order valence-electron chi connectivity index (χ1n) is 6.15. The molecule has 6 nitrogen and oxygen atoms in total. The van der Waals surface area contributed by atoms with Crippen LogP contribution in [0, 0.1) is 0 Å². The first-order chi connectivity index (χ1) is 8.51. The second kappa shape index (κ2) is 7.06. The van der Waals surface area contributed by atoms with Crippen molar-refractivity contribution in [1.82, 2.24) is 4.31 Å². The summed E-state index contributed by atoms with van der Waals surface area (Å²) >= 11 is 0. The fourth-order valence-electron chi connectivity index (χ4n) is 1.95. The van der Waals surface area contributed by atoms with Crippen LogP contribution in [-0.2, 0) is 24.3 Å². The van der Waals surface area contributed by atoms with Gasteiger partial charge in [0.25, 0.3) is 0 Å². The van der Waals surface area contributed by atoms with Crippen molar-refractivity contribution in [2.75, 3.05) is 32.6 Å². The van der Waals surface area contributed by atoms with E-state index in [1.807, 2.05) is 6.92 Å². The van der Waals surface area contributed by atoms with E-state index in [1.54, 1.807) is 0 Å². The van der Waals surface area contributed by atoms with E-state index in [0.717, 1.165) is 6.42 Å². The van der Waals surface area contributed by atoms with Crippen molar-refractivity contribution in [1.29, 1.82) is 0 Å². The van der Waals surface area contributed by atoms with Crippen molar-refractivity contribution in [3.63, 3.8) is 0 Å². The lowest BCUT2D eigenvalue weighted by molar-refractivity contribution is -0.140. The molecule has 1 heterocycles. The van der Waals surface area contributed by atoms with Crippen LogP contribution in [-0.4, -0.2) is 57.4 Å². The molecular formula is C11H21NO5S. The van der Waals surface area contributed by atoms with Crippen molar-refractivity contribution < 1.29 is 22.7 Å². The van der Waals surface area contributed by atoms with Crippen LogP contribution in [0.25, 0.3) is 0 Å². The van der Waals surface area contributed by atoms with E-state index >= 15 is 0 Å². The van der Waals surface area contributed by atoms with Crippen molar-refractivity contribution in [2.45, 2.75) is 32.2 Å². The number of ether oxygens (including phenoxy) is 2. The average molecular weight is 279 g/mol. The van der Waals surface area contributed by atoms with E-state index in [1.165, 1.54) is 11.4 Å². The van der Waals surface area contributed by atoms with Gasteiger partial charge in [-0.3, -0.25) is 4.79 Å². The third-order valence-corrected chi connectivity index (χ3v) is 5.01. The van der Waals surface area contributed by atoms with E-state index in [2.05, 4.69) is 4.74 Å². The molecule has 1 aliphatic heterocycles. The van der Waals surface area contributed by atoms with Gasteiger partial charge in [-0.05, 0) is 12.8 Å². The van der Waals surface area contributed by atoms with Crippen molar-refractivity contribution >= 4 is 16.0 Å². The lowest BCUT2D eigenvalue weighted by Gasteiger charge is -2.33. The van der Waals surface area contributed by atoms with Crippen LogP contribution in [0.1, 0.15) is 26.2 Å². The molecule has 18 heavy (non-hydrogen) atoms. The van der Waals surface area contributed by atoms with Gasteiger partial charge >= 0.3 is 5.97 Å². The Morgan fingerprint density at radius 2 is 2.22 bits per heavy atom. The van der Waals surface area contributed by atoms with Crippen molar-refractivity contribution in [3.8, 4) is 0 Å².